The Bertz CT molecular complexity index is 510. The summed E-state index contributed by atoms with van der Waals surface area (Å²) in [5.41, 5.74) is 0. The van der Waals surface area contributed by atoms with Gasteiger partial charge in [-0.1, -0.05) is 0 Å². The van der Waals surface area contributed by atoms with E-state index >= 15 is 0 Å². The van der Waals surface area contributed by atoms with Gasteiger partial charge in [0.05, 0.1) is 18.8 Å². The second kappa shape index (κ2) is 6.05. The van der Waals surface area contributed by atoms with Gasteiger partial charge in [-0.15, -0.1) is 0 Å². The number of rotatable bonds is 3. The highest BCUT2D eigenvalue weighted by Crippen LogP contribution is 2.36. The number of carbonyl (C=O) groups is 1. The number of morpholine rings is 1. The summed E-state index contributed by atoms with van der Waals surface area (Å²) in [4.78, 5) is 14.8. The van der Waals surface area contributed by atoms with Crippen molar-refractivity contribution in [2.75, 3.05) is 19.8 Å². The standard InChI is InChI=1S/C17H24N2O3/c20-17(15-4-3-10-21-15)19-9-11-22-16-13(5-6-14(16)19)12-18-7-1-2-8-18/h1-2,7-8,13-16H,3-6,9-12H2/t13-,14+,15-,16-/m1/s1. The Morgan fingerprint density at radius 2 is 1.95 bits per heavy atom. The van der Waals surface area contributed by atoms with Gasteiger partial charge in [0, 0.05) is 38.0 Å². The number of hydrogen-bond donors (Lipinski definition) is 0. The van der Waals surface area contributed by atoms with Crippen LogP contribution in [-0.4, -0.2) is 53.4 Å². The van der Waals surface area contributed by atoms with E-state index in [2.05, 4.69) is 34.0 Å². The Kier molecular flexibility index (Phi) is 3.92. The summed E-state index contributed by atoms with van der Waals surface area (Å²) in [5, 5.41) is 0. The van der Waals surface area contributed by atoms with E-state index in [1.165, 1.54) is 0 Å². The van der Waals surface area contributed by atoms with E-state index in [1.54, 1.807) is 0 Å². The molecular formula is C17H24N2O3. The molecule has 1 aromatic rings. The Morgan fingerprint density at radius 3 is 2.73 bits per heavy atom. The minimum Gasteiger partial charge on any atom is -0.374 e. The molecule has 0 bridgehead atoms. The quantitative estimate of drug-likeness (QED) is 0.853. The molecule has 3 heterocycles. The lowest BCUT2D eigenvalue weighted by Gasteiger charge is -2.40. The Hall–Kier alpha value is -1.33. The van der Waals surface area contributed by atoms with Gasteiger partial charge in [0.1, 0.15) is 6.10 Å². The fourth-order valence-electron chi connectivity index (χ4n) is 4.25. The van der Waals surface area contributed by atoms with Crippen LogP contribution in [0.15, 0.2) is 24.5 Å². The summed E-state index contributed by atoms with van der Waals surface area (Å²) in [6.45, 7) is 3.08. The van der Waals surface area contributed by atoms with Crippen molar-refractivity contribution in [3.05, 3.63) is 24.5 Å². The molecule has 120 valence electrons. The van der Waals surface area contributed by atoms with Crippen LogP contribution < -0.4 is 0 Å². The van der Waals surface area contributed by atoms with Crippen molar-refractivity contribution < 1.29 is 14.3 Å². The maximum atomic E-state index is 12.7. The van der Waals surface area contributed by atoms with Crippen molar-refractivity contribution in [1.82, 2.24) is 9.47 Å². The number of hydrogen-bond acceptors (Lipinski definition) is 3. The van der Waals surface area contributed by atoms with E-state index in [-0.39, 0.29) is 24.2 Å². The predicted octanol–water partition coefficient (Wildman–Crippen LogP) is 1.67. The summed E-state index contributed by atoms with van der Waals surface area (Å²) in [6, 6.07) is 4.36. The van der Waals surface area contributed by atoms with Gasteiger partial charge < -0.3 is 18.9 Å². The zero-order valence-electron chi connectivity index (χ0n) is 12.9. The number of ether oxygens (including phenoxy) is 2. The first-order valence-electron chi connectivity index (χ1n) is 8.47. The average Bonchev–Trinajstić information content (AvgIpc) is 3.29. The van der Waals surface area contributed by atoms with Crippen molar-refractivity contribution in [2.24, 2.45) is 5.92 Å². The van der Waals surface area contributed by atoms with Crippen LogP contribution in [0.1, 0.15) is 25.7 Å². The molecule has 1 amide bonds. The van der Waals surface area contributed by atoms with Crippen LogP contribution >= 0.6 is 0 Å². The highest BCUT2D eigenvalue weighted by molar-refractivity contribution is 5.81. The van der Waals surface area contributed by atoms with E-state index < -0.39 is 0 Å². The van der Waals surface area contributed by atoms with Crippen molar-refractivity contribution in [3.63, 3.8) is 0 Å². The third-order valence-corrected chi connectivity index (χ3v) is 5.32. The molecule has 2 aliphatic heterocycles. The predicted molar refractivity (Wildman–Crippen MR) is 81.4 cm³/mol. The van der Waals surface area contributed by atoms with Crippen molar-refractivity contribution in [1.29, 1.82) is 0 Å². The summed E-state index contributed by atoms with van der Waals surface area (Å²) < 4.78 is 13.9. The van der Waals surface area contributed by atoms with Crippen LogP contribution in [-0.2, 0) is 20.8 Å². The summed E-state index contributed by atoms with van der Waals surface area (Å²) in [6.07, 6.45) is 8.24. The molecule has 4 rings (SSSR count). The highest BCUT2D eigenvalue weighted by Gasteiger charge is 2.45. The Morgan fingerprint density at radius 1 is 1.09 bits per heavy atom. The maximum absolute atomic E-state index is 12.7. The first kappa shape index (κ1) is 14.3. The monoisotopic (exact) mass is 304 g/mol. The van der Waals surface area contributed by atoms with Crippen LogP contribution in [0.5, 0.6) is 0 Å². The molecule has 5 heteroatoms. The zero-order valence-corrected chi connectivity index (χ0v) is 12.9. The molecule has 0 radical (unpaired) electrons. The van der Waals surface area contributed by atoms with Crippen LogP contribution in [0.25, 0.3) is 0 Å². The fraction of sp³-hybridized carbons (Fsp3) is 0.706. The topological polar surface area (TPSA) is 43.7 Å². The molecule has 3 aliphatic rings. The van der Waals surface area contributed by atoms with Crippen molar-refractivity contribution in [3.8, 4) is 0 Å². The van der Waals surface area contributed by atoms with Crippen LogP contribution in [0, 0.1) is 5.92 Å². The molecule has 5 nitrogen and oxygen atoms in total. The maximum Gasteiger partial charge on any atom is 0.252 e. The minimum absolute atomic E-state index is 0.182. The Balaban J connectivity index is 1.45. The van der Waals surface area contributed by atoms with Crippen LogP contribution in [0.4, 0.5) is 0 Å². The lowest BCUT2D eigenvalue weighted by atomic mass is 10.0. The molecule has 0 aromatic carbocycles. The fourth-order valence-corrected chi connectivity index (χ4v) is 4.25. The molecule has 0 spiro atoms. The van der Waals surface area contributed by atoms with Crippen molar-refractivity contribution in [2.45, 2.75) is 50.5 Å². The molecule has 22 heavy (non-hydrogen) atoms. The lowest BCUT2D eigenvalue weighted by Crippen LogP contribution is -2.55. The largest absolute Gasteiger partial charge is 0.374 e. The third kappa shape index (κ3) is 2.57. The van der Waals surface area contributed by atoms with Crippen LogP contribution in [0.3, 0.4) is 0 Å². The van der Waals surface area contributed by atoms with Gasteiger partial charge in [0.25, 0.3) is 5.91 Å². The molecule has 1 aromatic heterocycles. The van der Waals surface area contributed by atoms with E-state index in [9.17, 15) is 4.79 Å². The average molecular weight is 304 g/mol. The number of fused-ring (bicyclic) bond motifs is 1. The van der Waals surface area contributed by atoms with Gasteiger partial charge in [-0.2, -0.15) is 0 Å². The first-order valence-corrected chi connectivity index (χ1v) is 8.47. The minimum atomic E-state index is -0.206. The molecule has 2 saturated heterocycles. The van der Waals surface area contributed by atoms with Gasteiger partial charge in [0.2, 0.25) is 0 Å². The van der Waals surface area contributed by atoms with E-state index in [4.69, 9.17) is 9.47 Å². The van der Waals surface area contributed by atoms with E-state index in [0.717, 1.165) is 45.4 Å². The number of carbonyl (C=O) groups excluding carboxylic acids is 1. The molecular weight excluding hydrogens is 280 g/mol. The second-order valence-electron chi connectivity index (χ2n) is 6.65. The van der Waals surface area contributed by atoms with Gasteiger partial charge in [-0.05, 0) is 37.8 Å². The summed E-state index contributed by atoms with van der Waals surface area (Å²) >= 11 is 0. The van der Waals surface area contributed by atoms with Crippen LogP contribution in [0.2, 0.25) is 0 Å². The smallest absolute Gasteiger partial charge is 0.252 e. The zero-order chi connectivity index (χ0) is 14.9. The molecule has 4 atom stereocenters. The summed E-state index contributed by atoms with van der Waals surface area (Å²) in [7, 11) is 0. The number of amides is 1. The third-order valence-electron chi connectivity index (χ3n) is 5.32. The molecule has 0 unspecified atom stereocenters. The highest BCUT2D eigenvalue weighted by atomic mass is 16.5. The molecule has 3 fully saturated rings. The molecule has 0 N–H and O–H groups in total. The molecule has 1 saturated carbocycles. The molecule has 1 aliphatic carbocycles. The summed E-state index contributed by atoms with van der Waals surface area (Å²) in [5.74, 6) is 0.690. The normalized spacial score (nSPS) is 34.8. The lowest BCUT2D eigenvalue weighted by molar-refractivity contribution is -0.155. The van der Waals surface area contributed by atoms with E-state index in [1.807, 2.05) is 0 Å². The van der Waals surface area contributed by atoms with Gasteiger partial charge in [-0.25, -0.2) is 0 Å². The van der Waals surface area contributed by atoms with E-state index in [0.29, 0.717) is 12.5 Å². The number of nitrogens with zero attached hydrogens (tertiary/aromatic N) is 2. The SMILES string of the molecule is O=C([C@H]1CCCO1)N1CCO[C@@H]2[C@@H](Cn3cccc3)CC[C@@H]21. The Labute approximate surface area is 131 Å². The second-order valence-corrected chi connectivity index (χ2v) is 6.65. The van der Waals surface area contributed by atoms with Gasteiger partial charge in [0.15, 0.2) is 0 Å². The van der Waals surface area contributed by atoms with Gasteiger partial charge in [-0.3, -0.25) is 4.79 Å². The van der Waals surface area contributed by atoms with Gasteiger partial charge >= 0.3 is 0 Å². The van der Waals surface area contributed by atoms with Crippen molar-refractivity contribution >= 4 is 5.91 Å². The first-order chi connectivity index (χ1) is 10.8. The number of aromatic nitrogens is 1.